The molecule has 0 aromatic heterocycles. The minimum absolute atomic E-state index is 0. The fraction of sp³-hybridized carbons (Fsp3) is 0.176. The van der Waals surface area contributed by atoms with Crippen LogP contribution in [0.1, 0.15) is 33.4 Å². The molecule has 0 atom stereocenters. The Hall–Kier alpha value is -3.40. The third-order valence-electron chi connectivity index (χ3n) is 6.13. The van der Waals surface area contributed by atoms with Gasteiger partial charge >= 0.3 is 21.7 Å². The smallest absolute Gasteiger partial charge is 0.397 e. The zero-order valence-electron chi connectivity index (χ0n) is 23.4. The topological polar surface area (TPSA) is 28.8 Å². The van der Waals surface area contributed by atoms with Crippen molar-refractivity contribution in [2.24, 2.45) is 0 Å². The number of para-hydroxylation sites is 2. The summed E-state index contributed by atoms with van der Waals surface area (Å²) in [7, 11) is 0. The molecule has 4 heteroatoms. The Morgan fingerprint density at radius 1 is 0.526 bits per heavy atom. The Balaban J connectivity index is 0.000000371. The Labute approximate surface area is 245 Å². The predicted molar refractivity (Wildman–Crippen MR) is 163 cm³/mol. The molecule has 1 aliphatic heterocycles. The van der Waals surface area contributed by atoms with Gasteiger partial charge in [0.05, 0.1) is 0 Å². The number of aryl methyl sites for hydroxylation is 4. The van der Waals surface area contributed by atoms with Crippen molar-refractivity contribution in [3.8, 4) is 0 Å². The fourth-order valence-corrected chi connectivity index (χ4v) is 4.39. The molecule has 0 aliphatic carbocycles. The molecule has 1 saturated heterocycles. The first kappa shape index (κ1) is 32.6. The van der Waals surface area contributed by atoms with E-state index in [-0.39, 0.29) is 29.1 Å². The molecule has 0 spiro atoms. The maximum Gasteiger partial charge on any atom is 4.00 e. The van der Waals surface area contributed by atoms with E-state index in [1.165, 1.54) is 22.3 Å². The van der Waals surface area contributed by atoms with E-state index in [0.29, 0.717) is 5.96 Å². The molecule has 4 aromatic carbocycles. The maximum absolute atomic E-state index is 10.8. The van der Waals surface area contributed by atoms with Crippen LogP contribution in [0.2, 0.25) is 0 Å². The Bertz CT molecular complexity index is 1130. The summed E-state index contributed by atoms with van der Waals surface area (Å²) in [5, 5.41) is 10.8. The van der Waals surface area contributed by atoms with E-state index in [9.17, 15) is 5.41 Å². The van der Waals surface area contributed by atoms with Gasteiger partial charge in [0, 0.05) is 5.96 Å². The number of hydrogen-bond donors (Lipinski definition) is 0. The molecule has 0 saturated carbocycles. The van der Waals surface area contributed by atoms with Gasteiger partial charge < -0.3 is 22.6 Å². The van der Waals surface area contributed by atoms with Crippen LogP contribution in [0, 0.1) is 49.0 Å². The normalized spacial score (nSPS) is 11.7. The van der Waals surface area contributed by atoms with Crippen LogP contribution in [0.5, 0.6) is 0 Å². The summed E-state index contributed by atoms with van der Waals surface area (Å²) in [4.78, 5) is 4.05. The van der Waals surface area contributed by atoms with Crippen molar-refractivity contribution >= 4 is 17.3 Å². The van der Waals surface area contributed by atoms with Crippen LogP contribution in [0.4, 0.5) is 11.4 Å². The zero-order valence-corrected chi connectivity index (χ0v) is 25.0. The summed E-state index contributed by atoms with van der Waals surface area (Å²) < 4.78 is 0. The second kappa shape index (κ2) is 15.8. The van der Waals surface area contributed by atoms with Crippen molar-refractivity contribution in [2.75, 3.05) is 22.9 Å². The predicted octanol–water partition coefficient (Wildman–Crippen LogP) is 8.36. The molecule has 0 bridgehead atoms. The number of rotatable bonds is 2. The van der Waals surface area contributed by atoms with Crippen LogP contribution < -0.4 is 9.80 Å². The van der Waals surface area contributed by atoms with Gasteiger partial charge in [-0.05, 0) is 74.4 Å². The van der Waals surface area contributed by atoms with E-state index in [1.54, 1.807) is 0 Å². The number of guanidine groups is 1. The molecule has 0 amide bonds. The van der Waals surface area contributed by atoms with Crippen LogP contribution >= 0.6 is 0 Å². The van der Waals surface area contributed by atoms with Crippen molar-refractivity contribution in [1.29, 1.82) is 0 Å². The largest absolute Gasteiger partial charge is 4.00 e. The van der Waals surface area contributed by atoms with Crippen molar-refractivity contribution < 1.29 is 21.7 Å². The van der Waals surface area contributed by atoms with Crippen LogP contribution in [-0.4, -0.2) is 19.0 Å². The zero-order chi connectivity index (χ0) is 26.1. The molecular formula is C34H39N3Ti. The van der Waals surface area contributed by atoms with Crippen LogP contribution in [0.25, 0.3) is 5.41 Å². The SMILES string of the molecule is Cc1cccc(C)c1N1CCN(c2c(C)cccc2C)C1=[N-].[CH2-]c1ccccc1.[CH2-]c1ccccc1.[CH3-].[Ti+4]. The quantitative estimate of drug-likeness (QED) is 0.190. The molecular weight excluding hydrogens is 498 g/mol. The van der Waals surface area contributed by atoms with E-state index in [0.717, 1.165) is 35.6 Å². The van der Waals surface area contributed by atoms with E-state index in [4.69, 9.17) is 0 Å². The van der Waals surface area contributed by atoms with E-state index < -0.39 is 0 Å². The number of hydrogen-bond acceptors (Lipinski definition) is 0. The molecule has 194 valence electrons. The van der Waals surface area contributed by atoms with E-state index in [2.05, 4.69) is 77.9 Å². The number of benzene rings is 4. The maximum atomic E-state index is 10.8. The van der Waals surface area contributed by atoms with Crippen LogP contribution in [0.15, 0.2) is 97.1 Å². The standard InChI is InChI=1S/C19H22N3.2C7H7.CH3.Ti/c1-13-7-5-8-14(2)17(13)21-11-12-22(19(21)20)18-15(3)9-6-10-16(18)4;2*1-7-5-3-2-4-6-7;;/h5-10H,11-12H2,1-4H3;2*2-6H,1H2;1H3;/q4*-1;+4. The van der Waals surface area contributed by atoms with E-state index >= 15 is 0 Å². The Morgan fingerprint density at radius 2 is 0.816 bits per heavy atom. The molecule has 0 radical (unpaired) electrons. The first-order chi connectivity index (χ1) is 17.3. The van der Waals surface area contributed by atoms with Gasteiger partial charge in [-0.25, -0.2) is 0 Å². The summed E-state index contributed by atoms with van der Waals surface area (Å²) >= 11 is 0. The summed E-state index contributed by atoms with van der Waals surface area (Å²) in [6, 6.07) is 32.2. The van der Waals surface area contributed by atoms with Gasteiger partial charge in [-0.1, -0.05) is 48.5 Å². The van der Waals surface area contributed by atoms with Gasteiger partial charge in [0.15, 0.2) is 0 Å². The second-order valence-electron chi connectivity index (χ2n) is 9.06. The molecule has 1 heterocycles. The minimum Gasteiger partial charge on any atom is -0.397 e. The Kier molecular flexibility index (Phi) is 13.5. The Morgan fingerprint density at radius 3 is 1.05 bits per heavy atom. The average Bonchev–Trinajstić information content (AvgIpc) is 3.21. The molecule has 1 aliphatic rings. The first-order valence-corrected chi connectivity index (χ1v) is 12.3. The molecule has 38 heavy (non-hydrogen) atoms. The molecule has 5 rings (SSSR count). The minimum atomic E-state index is 0. The van der Waals surface area contributed by atoms with E-state index in [1.807, 2.05) is 70.5 Å². The first-order valence-electron chi connectivity index (χ1n) is 12.3. The van der Waals surface area contributed by atoms with Crippen molar-refractivity contribution in [3.05, 3.63) is 157 Å². The third kappa shape index (κ3) is 8.58. The third-order valence-corrected chi connectivity index (χ3v) is 6.13. The molecule has 3 nitrogen and oxygen atoms in total. The molecule has 0 N–H and O–H groups in total. The van der Waals surface area contributed by atoms with Gasteiger partial charge in [-0.15, -0.1) is 24.3 Å². The summed E-state index contributed by atoms with van der Waals surface area (Å²) in [6.45, 7) is 17.4. The van der Waals surface area contributed by atoms with Gasteiger partial charge in [0.1, 0.15) is 0 Å². The summed E-state index contributed by atoms with van der Waals surface area (Å²) in [5.74, 6) is 0.329. The van der Waals surface area contributed by atoms with Gasteiger partial charge in [-0.3, -0.25) is 0 Å². The molecule has 4 aromatic rings. The van der Waals surface area contributed by atoms with Crippen molar-refractivity contribution in [3.63, 3.8) is 0 Å². The molecule has 0 unspecified atom stereocenters. The summed E-state index contributed by atoms with van der Waals surface area (Å²) in [5.41, 5.74) is 9.14. The summed E-state index contributed by atoms with van der Waals surface area (Å²) in [6.07, 6.45) is 0. The monoisotopic (exact) mass is 537 g/mol. The average molecular weight is 538 g/mol. The fourth-order valence-electron chi connectivity index (χ4n) is 4.39. The van der Waals surface area contributed by atoms with Crippen LogP contribution in [0.3, 0.4) is 0 Å². The number of anilines is 2. The van der Waals surface area contributed by atoms with Gasteiger partial charge in [0.2, 0.25) is 0 Å². The van der Waals surface area contributed by atoms with Crippen molar-refractivity contribution in [2.45, 2.75) is 27.7 Å². The second-order valence-corrected chi connectivity index (χ2v) is 9.06. The van der Waals surface area contributed by atoms with Crippen LogP contribution in [-0.2, 0) is 21.7 Å². The molecule has 1 fully saturated rings. The van der Waals surface area contributed by atoms with Crippen molar-refractivity contribution in [1.82, 2.24) is 0 Å². The number of nitrogens with zero attached hydrogens (tertiary/aromatic N) is 3. The van der Waals surface area contributed by atoms with Gasteiger partial charge in [-0.2, -0.15) is 49.2 Å². The van der Waals surface area contributed by atoms with Gasteiger partial charge in [0.25, 0.3) is 0 Å².